The number of carbonyl (C=O) groups excluding carboxylic acids is 3. The van der Waals surface area contributed by atoms with Gasteiger partial charge in [0.15, 0.2) is 0 Å². The number of benzene rings is 2. The van der Waals surface area contributed by atoms with Gasteiger partial charge in [-0.25, -0.2) is 0 Å². The van der Waals surface area contributed by atoms with Crippen LogP contribution >= 0.6 is 38.5 Å². The Bertz CT molecular complexity index is 853. The number of nitrogens with zero attached hydrogens (tertiary/aromatic N) is 1. The minimum absolute atomic E-state index is 0.0532. The van der Waals surface area contributed by atoms with Gasteiger partial charge in [0.1, 0.15) is 0 Å². The molecule has 1 heterocycles. The molecule has 7 heteroatoms. The van der Waals surface area contributed by atoms with Gasteiger partial charge in [-0.1, -0.05) is 28.1 Å². The third kappa shape index (κ3) is 3.36. The van der Waals surface area contributed by atoms with Crippen molar-refractivity contribution in [2.75, 3.05) is 11.9 Å². The van der Waals surface area contributed by atoms with Gasteiger partial charge in [0.05, 0.1) is 16.8 Å². The van der Waals surface area contributed by atoms with Crippen molar-refractivity contribution in [1.29, 1.82) is 0 Å². The van der Waals surface area contributed by atoms with Crippen LogP contribution in [0.4, 0.5) is 5.69 Å². The van der Waals surface area contributed by atoms with Crippen LogP contribution in [-0.4, -0.2) is 29.2 Å². The molecule has 0 spiro atoms. The first-order valence-corrected chi connectivity index (χ1v) is 9.04. The Labute approximate surface area is 160 Å². The molecular formula is C17H12BrIN2O3. The van der Waals surface area contributed by atoms with E-state index in [9.17, 15) is 14.4 Å². The molecule has 3 amide bonds. The Hall–Kier alpha value is -1.74. The van der Waals surface area contributed by atoms with E-state index < -0.39 is 0 Å². The molecular weight excluding hydrogens is 487 g/mol. The summed E-state index contributed by atoms with van der Waals surface area (Å²) in [5.74, 6) is -0.958. The van der Waals surface area contributed by atoms with E-state index in [0.29, 0.717) is 11.1 Å². The third-order valence-electron chi connectivity index (χ3n) is 3.64. The van der Waals surface area contributed by atoms with E-state index in [-0.39, 0.29) is 30.7 Å². The van der Waals surface area contributed by atoms with Crippen LogP contribution in [0.15, 0.2) is 46.9 Å². The van der Waals surface area contributed by atoms with Gasteiger partial charge in [-0.2, -0.15) is 0 Å². The van der Waals surface area contributed by atoms with Crippen LogP contribution < -0.4 is 5.32 Å². The Balaban J connectivity index is 1.65. The second kappa shape index (κ2) is 7.02. The number of hydrogen-bond donors (Lipinski definition) is 1. The lowest BCUT2D eigenvalue weighted by molar-refractivity contribution is -0.116. The first-order chi connectivity index (χ1) is 11.5. The Morgan fingerprint density at radius 2 is 1.79 bits per heavy atom. The van der Waals surface area contributed by atoms with Gasteiger partial charge >= 0.3 is 0 Å². The molecule has 122 valence electrons. The van der Waals surface area contributed by atoms with Crippen molar-refractivity contribution in [2.45, 2.75) is 6.42 Å². The van der Waals surface area contributed by atoms with Crippen molar-refractivity contribution in [3.63, 3.8) is 0 Å². The maximum Gasteiger partial charge on any atom is 0.261 e. The molecule has 1 N–H and O–H groups in total. The molecule has 2 aromatic carbocycles. The second-order valence-corrected chi connectivity index (χ2v) is 7.31. The molecule has 0 aliphatic carbocycles. The lowest BCUT2D eigenvalue weighted by Gasteiger charge is -2.13. The number of fused-ring (bicyclic) bond motifs is 1. The van der Waals surface area contributed by atoms with Crippen LogP contribution in [0.3, 0.4) is 0 Å². The van der Waals surface area contributed by atoms with Crippen molar-refractivity contribution in [1.82, 2.24) is 4.90 Å². The van der Waals surface area contributed by atoms with Gasteiger partial charge in [0.25, 0.3) is 11.8 Å². The van der Waals surface area contributed by atoms with E-state index in [0.717, 1.165) is 18.6 Å². The highest BCUT2D eigenvalue weighted by atomic mass is 127. The molecule has 0 bridgehead atoms. The van der Waals surface area contributed by atoms with Crippen molar-refractivity contribution < 1.29 is 14.4 Å². The van der Waals surface area contributed by atoms with Crippen molar-refractivity contribution in [3.05, 3.63) is 61.6 Å². The number of anilines is 1. The standard InChI is InChI=1S/C17H12BrIN2O3/c18-10-5-6-11-12(9-10)17(24)21(16(11)23)8-7-15(22)20-14-4-2-1-3-13(14)19/h1-6,9H,7-8H2,(H,20,22). The SMILES string of the molecule is O=C(CCN1C(=O)c2ccc(Br)cc2C1=O)Nc1ccccc1I. The Kier molecular flexibility index (Phi) is 5.00. The van der Waals surface area contributed by atoms with E-state index in [1.807, 2.05) is 18.2 Å². The van der Waals surface area contributed by atoms with Crippen molar-refractivity contribution >= 4 is 61.9 Å². The minimum Gasteiger partial charge on any atom is -0.325 e. The summed E-state index contributed by atoms with van der Waals surface area (Å²) in [6, 6.07) is 12.4. The van der Waals surface area contributed by atoms with E-state index in [1.165, 1.54) is 0 Å². The molecule has 0 unspecified atom stereocenters. The molecule has 5 nitrogen and oxygen atoms in total. The van der Waals surface area contributed by atoms with Gasteiger partial charge < -0.3 is 5.32 Å². The second-order valence-electron chi connectivity index (χ2n) is 5.23. The normalized spacial score (nSPS) is 13.2. The molecule has 0 fully saturated rings. The van der Waals surface area contributed by atoms with E-state index in [1.54, 1.807) is 24.3 Å². The zero-order valence-corrected chi connectivity index (χ0v) is 16.1. The number of para-hydroxylation sites is 1. The highest BCUT2D eigenvalue weighted by molar-refractivity contribution is 14.1. The number of hydrogen-bond acceptors (Lipinski definition) is 3. The van der Waals surface area contributed by atoms with Crippen molar-refractivity contribution in [3.8, 4) is 0 Å². The quantitative estimate of drug-likeness (QED) is 0.516. The fraction of sp³-hybridized carbons (Fsp3) is 0.118. The first kappa shape index (κ1) is 17.1. The number of imide groups is 1. The zero-order valence-electron chi connectivity index (χ0n) is 12.4. The average Bonchev–Trinajstić information content (AvgIpc) is 2.78. The van der Waals surface area contributed by atoms with Crippen LogP contribution in [0, 0.1) is 3.57 Å². The lowest BCUT2D eigenvalue weighted by atomic mass is 10.1. The van der Waals surface area contributed by atoms with Crippen LogP contribution in [-0.2, 0) is 4.79 Å². The number of nitrogens with one attached hydrogen (secondary N) is 1. The summed E-state index contributed by atoms with van der Waals surface area (Å²) in [6.07, 6.45) is 0.0532. The highest BCUT2D eigenvalue weighted by Gasteiger charge is 2.35. The fourth-order valence-electron chi connectivity index (χ4n) is 2.45. The topological polar surface area (TPSA) is 66.5 Å². The van der Waals surface area contributed by atoms with Gasteiger partial charge in [-0.3, -0.25) is 19.3 Å². The first-order valence-electron chi connectivity index (χ1n) is 7.17. The van der Waals surface area contributed by atoms with Gasteiger partial charge in [0.2, 0.25) is 5.91 Å². The molecule has 0 saturated heterocycles. The number of amides is 3. The smallest absolute Gasteiger partial charge is 0.261 e. The van der Waals surface area contributed by atoms with Crippen LogP contribution in [0.25, 0.3) is 0 Å². The molecule has 3 rings (SSSR count). The van der Waals surface area contributed by atoms with Crippen LogP contribution in [0.1, 0.15) is 27.1 Å². The van der Waals surface area contributed by atoms with Gasteiger partial charge in [-0.05, 0) is 52.9 Å². The van der Waals surface area contributed by atoms with Gasteiger partial charge in [0, 0.05) is 21.0 Å². The van der Waals surface area contributed by atoms with E-state index in [4.69, 9.17) is 0 Å². The maximum absolute atomic E-state index is 12.3. The Morgan fingerprint density at radius 3 is 2.54 bits per heavy atom. The minimum atomic E-state index is -0.363. The van der Waals surface area contributed by atoms with Crippen LogP contribution in [0.2, 0.25) is 0 Å². The molecule has 0 aromatic heterocycles. The predicted molar refractivity (Wildman–Crippen MR) is 102 cm³/mol. The highest BCUT2D eigenvalue weighted by Crippen LogP contribution is 2.26. The maximum atomic E-state index is 12.3. The molecule has 0 atom stereocenters. The molecule has 24 heavy (non-hydrogen) atoms. The van der Waals surface area contributed by atoms with E-state index >= 15 is 0 Å². The van der Waals surface area contributed by atoms with Crippen LogP contribution in [0.5, 0.6) is 0 Å². The molecule has 1 aliphatic heterocycles. The average molecular weight is 499 g/mol. The molecule has 0 radical (unpaired) electrons. The van der Waals surface area contributed by atoms with Crippen molar-refractivity contribution in [2.24, 2.45) is 0 Å². The summed E-state index contributed by atoms with van der Waals surface area (Å²) < 4.78 is 1.66. The summed E-state index contributed by atoms with van der Waals surface area (Å²) in [5, 5.41) is 2.79. The summed E-state index contributed by atoms with van der Waals surface area (Å²) in [5.41, 5.74) is 1.46. The molecule has 2 aromatic rings. The molecule has 1 aliphatic rings. The predicted octanol–water partition coefficient (Wildman–Crippen LogP) is 3.68. The third-order valence-corrected chi connectivity index (χ3v) is 5.08. The fourth-order valence-corrected chi connectivity index (χ4v) is 3.34. The summed E-state index contributed by atoms with van der Waals surface area (Å²) in [4.78, 5) is 37.8. The monoisotopic (exact) mass is 498 g/mol. The summed E-state index contributed by atoms with van der Waals surface area (Å²) in [6.45, 7) is 0.0548. The van der Waals surface area contributed by atoms with Gasteiger partial charge in [-0.15, -0.1) is 0 Å². The number of carbonyl (C=O) groups is 3. The Morgan fingerprint density at radius 1 is 1.08 bits per heavy atom. The molecule has 0 saturated carbocycles. The summed E-state index contributed by atoms with van der Waals surface area (Å²) >= 11 is 5.42. The number of halogens is 2. The van der Waals surface area contributed by atoms with E-state index in [2.05, 4.69) is 43.8 Å². The zero-order chi connectivity index (χ0) is 17.3. The lowest BCUT2D eigenvalue weighted by Crippen LogP contribution is -2.32. The number of rotatable bonds is 4. The summed E-state index contributed by atoms with van der Waals surface area (Å²) in [7, 11) is 0. The largest absolute Gasteiger partial charge is 0.325 e.